The molecule has 0 aromatic carbocycles. The van der Waals surface area contributed by atoms with Gasteiger partial charge >= 0.3 is 0 Å². The van der Waals surface area contributed by atoms with Gasteiger partial charge in [-0.25, -0.2) is 4.98 Å². The van der Waals surface area contributed by atoms with Crippen molar-refractivity contribution in [1.29, 1.82) is 0 Å². The van der Waals surface area contributed by atoms with Crippen molar-refractivity contribution in [3.8, 4) is 0 Å². The molecule has 148 valence electrons. The predicted octanol–water partition coefficient (Wildman–Crippen LogP) is 3.92. The van der Waals surface area contributed by atoms with E-state index in [0.717, 1.165) is 53.1 Å². The van der Waals surface area contributed by atoms with Gasteiger partial charge in [-0.15, -0.1) is 21.5 Å². The van der Waals surface area contributed by atoms with Crippen LogP contribution in [0.25, 0.3) is 15.9 Å². The molecule has 1 fully saturated rings. The number of thiophene rings is 1. The van der Waals surface area contributed by atoms with Gasteiger partial charge in [0.25, 0.3) is 0 Å². The van der Waals surface area contributed by atoms with Crippen LogP contribution < -0.4 is 5.32 Å². The number of nitrogens with zero attached hydrogens (tertiary/aromatic N) is 4. The molecule has 28 heavy (non-hydrogen) atoms. The van der Waals surface area contributed by atoms with E-state index in [9.17, 15) is 4.79 Å². The molecule has 2 aliphatic carbocycles. The number of rotatable bonds is 4. The van der Waals surface area contributed by atoms with Gasteiger partial charge in [0.2, 0.25) is 5.91 Å². The Morgan fingerprint density at radius 2 is 2.11 bits per heavy atom. The highest BCUT2D eigenvalue weighted by atomic mass is 32.2. The maximum Gasteiger partial charge on any atom is 0.230 e. The average Bonchev–Trinajstić information content (AvgIpc) is 3.37. The van der Waals surface area contributed by atoms with Gasteiger partial charge in [-0.1, -0.05) is 31.5 Å². The summed E-state index contributed by atoms with van der Waals surface area (Å²) in [6.45, 7) is 4.32. The minimum atomic E-state index is 0.0854. The number of carbonyl (C=O) groups excluding carboxylic acids is 1. The van der Waals surface area contributed by atoms with Gasteiger partial charge in [-0.2, -0.15) is 0 Å². The van der Waals surface area contributed by atoms with E-state index in [-0.39, 0.29) is 5.91 Å². The summed E-state index contributed by atoms with van der Waals surface area (Å²) in [6, 6.07) is 0.353. The molecule has 3 aromatic rings. The predicted molar refractivity (Wildman–Crippen MR) is 113 cm³/mol. The third-order valence-corrected chi connectivity index (χ3v) is 8.07. The van der Waals surface area contributed by atoms with Gasteiger partial charge in [0.1, 0.15) is 10.7 Å². The zero-order valence-corrected chi connectivity index (χ0v) is 18.0. The van der Waals surface area contributed by atoms with E-state index in [4.69, 9.17) is 4.98 Å². The van der Waals surface area contributed by atoms with Crippen LogP contribution >= 0.6 is 23.1 Å². The highest BCUT2D eigenvalue weighted by Crippen LogP contribution is 2.39. The Bertz CT molecular complexity index is 1050. The molecule has 8 heteroatoms. The Morgan fingerprint density at radius 3 is 2.93 bits per heavy atom. The zero-order valence-electron chi connectivity index (χ0n) is 16.3. The van der Waals surface area contributed by atoms with Crippen LogP contribution in [0.15, 0.2) is 5.16 Å². The Morgan fingerprint density at radius 1 is 1.29 bits per heavy atom. The SMILES string of the molecule is Cc1nc2sc3c(c2c2nnc(SCC(=O)NC4CCCC4)n12)CCC(C)C3. The number of hydrogen-bond acceptors (Lipinski definition) is 6. The van der Waals surface area contributed by atoms with E-state index < -0.39 is 0 Å². The van der Waals surface area contributed by atoms with Crippen LogP contribution in [-0.2, 0) is 17.6 Å². The Kier molecular flexibility index (Phi) is 4.79. The molecule has 6 nitrogen and oxygen atoms in total. The van der Waals surface area contributed by atoms with E-state index >= 15 is 0 Å². The topological polar surface area (TPSA) is 72.2 Å². The molecule has 1 atom stereocenters. The van der Waals surface area contributed by atoms with Crippen LogP contribution in [0, 0.1) is 12.8 Å². The summed E-state index contributed by atoms with van der Waals surface area (Å²) in [5.41, 5.74) is 2.31. The Balaban J connectivity index is 1.44. The molecule has 3 aromatic heterocycles. The quantitative estimate of drug-likeness (QED) is 0.654. The summed E-state index contributed by atoms with van der Waals surface area (Å²) in [5, 5.41) is 14.0. The van der Waals surface area contributed by atoms with Gasteiger partial charge in [-0.05, 0) is 50.5 Å². The first-order valence-electron chi connectivity index (χ1n) is 10.2. The second kappa shape index (κ2) is 7.30. The minimum absolute atomic E-state index is 0.0854. The highest BCUT2D eigenvalue weighted by molar-refractivity contribution is 7.99. The van der Waals surface area contributed by atoms with Crippen molar-refractivity contribution in [3.05, 3.63) is 16.3 Å². The fourth-order valence-corrected chi connectivity index (χ4v) is 6.74. The Labute approximate surface area is 172 Å². The second-order valence-electron chi connectivity index (χ2n) is 8.17. The standard InChI is InChI=1S/C20H25N5OS2/c1-11-7-8-14-15(9-11)28-19-17(14)18-23-24-20(25(18)12(2)21-19)27-10-16(26)22-13-5-3-4-6-13/h11,13H,3-10H2,1-2H3,(H,22,26). The lowest BCUT2D eigenvalue weighted by molar-refractivity contribution is -0.119. The molecule has 0 spiro atoms. The lowest BCUT2D eigenvalue weighted by Crippen LogP contribution is -2.33. The van der Waals surface area contributed by atoms with Gasteiger partial charge < -0.3 is 5.32 Å². The molecule has 1 unspecified atom stereocenters. The van der Waals surface area contributed by atoms with Crippen LogP contribution in [0.5, 0.6) is 0 Å². The van der Waals surface area contributed by atoms with Crippen LogP contribution in [0.4, 0.5) is 0 Å². The number of fused-ring (bicyclic) bond motifs is 5. The fraction of sp³-hybridized carbons (Fsp3) is 0.600. The maximum absolute atomic E-state index is 12.3. The van der Waals surface area contributed by atoms with Crippen LogP contribution in [-0.4, -0.2) is 37.3 Å². The summed E-state index contributed by atoms with van der Waals surface area (Å²) < 4.78 is 2.03. The first-order chi connectivity index (χ1) is 13.6. The van der Waals surface area contributed by atoms with Crippen molar-refractivity contribution in [1.82, 2.24) is 24.9 Å². The van der Waals surface area contributed by atoms with E-state index in [1.807, 2.05) is 22.7 Å². The van der Waals surface area contributed by atoms with Gasteiger partial charge in [-0.3, -0.25) is 9.20 Å². The van der Waals surface area contributed by atoms with E-state index in [1.54, 1.807) is 0 Å². The number of hydrogen-bond donors (Lipinski definition) is 1. The van der Waals surface area contributed by atoms with Crippen molar-refractivity contribution in [2.45, 2.75) is 70.0 Å². The second-order valence-corrected chi connectivity index (χ2v) is 10.2. The molecule has 0 bridgehead atoms. The van der Waals surface area contributed by atoms with Crippen LogP contribution in [0.3, 0.4) is 0 Å². The van der Waals surface area contributed by atoms with Gasteiger partial charge in [0.15, 0.2) is 10.8 Å². The van der Waals surface area contributed by atoms with Crippen molar-refractivity contribution in [3.63, 3.8) is 0 Å². The van der Waals surface area contributed by atoms with E-state index in [2.05, 4.69) is 22.4 Å². The number of thioether (sulfide) groups is 1. The third-order valence-electron chi connectivity index (χ3n) is 5.99. The summed E-state index contributed by atoms with van der Waals surface area (Å²) in [5.74, 6) is 2.08. The number of amides is 1. The number of nitrogens with one attached hydrogen (secondary N) is 1. The largest absolute Gasteiger partial charge is 0.353 e. The minimum Gasteiger partial charge on any atom is -0.353 e. The lowest BCUT2D eigenvalue weighted by atomic mass is 9.89. The molecule has 5 rings (SSSR count). The molecule has 0 radical (unpaired) electrons. The molecular weight excluding hydrogens is 390 g/mol. The summed E-state index contributed by atoms with van der Waals surface area (Å²) in [4.78, 5) is 19.7. The summed E-state index contributed by atoms with van der Waals surface area (Å²) >= 11 is 3.27. The number of aromatic nitrogens is 4. The van der Waals surface area contributed by atoms with Crippen LogP contribution in [0.2, 0.25) is 0 Å². The van der Waals surface area contributed by atoms with E-state index in [1.165, 1.54) is 46.9 Å². The first-order valence-corrected chi connectivity index (χ1v) is 12.0. The molecule has 0 saturated heterocycles. The van der Waals surface area contributed by atoms with Crippen molar-refractivity contribution < 1.29 is 4.79 Å². The van der Waals surface area contributed by atoms with Crippen LogP contribution in [0.1, 0.15) is 55.3 Å². The van der Waals surface area contributed by atoms with E-state index in [0.29, 0.717) is 11.8 Å². The fourth-order valence-electron chi connectivity index (χ4n) is 4.53. The molecule has 1 amide bonds. The Hall–Kier alpha value is -1.67. The van der Waals surface area contributed by atoms with Crippen molar-refractivity contribution in [2.75, 3.05) is 5.75 Å². The molecule has 1 N–H and O–H groups in total. The molecule has 2 aliphatic rings. The number of aryl methyl sites for hydroxylation is 2. The monoisotopic (exact) mass is 415 g/mol. The smallest absolute Gasteiger partial charge is 0.230 e. The maximum atomic E-state index is 12.3. The molecular formula is C20H25N5OS2. The third kappa shape index (κ3) is 3.20. The highest BCUT2D eigenvalue weighted by Gasteiger charge is 2.25. The summed E-state index contributed by atoms with van der Waals surface area (Å²) in [7, 11) is 0. The molecule has 3 heterocycles. The normalized spacial score (nSPS) is 20.1. The van der Waals surface area contributed by atoms with Gasteiger partial charge in [0.05, 0.1) is 11.1 Å². The lowest BCUT2D eigenvalue weighted by Gasteiger charge is -2.17. The van der Waals surface area contributed by atoms with Gasteiger partial charge in [0, 0.05) is 10.9 Å². The average molecular weight is 416 g/mol. The number of carbonyl (C=O) groups is 1. The molecule has 0 aliphatic heterocycles. The van der Waals surface area contributed by atoms with Crippen molar-refractivity contribution in [2.24, 2.45) is 5.92 Å². The van der Waals surface area contributed by atoms with Crippen molar-refractivity contribution >= 4 is 44.9 Å². The molecule has 1 saturated carbocycles. The first kappa shape index (κ1) is 18.4. The summed E-state index contributed by atoms with van der Waals surface area (Å²) in [6.07, 6.45) is 8.10. The zero-order chi connectivity index (χ0) is 19.3.